The second kappa shape index (κ2) is 5.58. The van der Waals surface area contributed by atoms with Crippen molar-refractivity contribution in [2.75, 3.05) is 11.9 Å². The molecule has 1 atom stereocenters. The van der Waals surface area contributed by atoms with E-state index in [2.05, 4.69) is 31.0 Å². The number of H-pyrrole nitrogens is 1. The van der Waals surface area contributed by atoms with E-state index in [1.54, 1.807) is 29.8 Å². The fourth-order valence-corrected chi connectivity index (χ4v) is 2.98. The van der Waals surface area contributed by atoms with Crippen LogP contribution < -0.4 is 15.6 Å². The van der Waals surface area contributed by atoms with Crippen LogP contribution in [-0.2, 0) is 0 Å². The average molecular weight is 341 g/mol. The van der Waals surface area contributed by atoms with Crippen molar-refractivity contribution in [2.24, 2.45) is 0 Å². The van der Waals surface area contributed by atoms with Crippen molar-refractivity contribution in [3.05, 3.63) is 45.4 Å². The maximum Gasteiger partial charge on any atom is 0.288 e. The molecule has 0 aliphatic carbocycles. The first-order chi connectivity index (χ1) is 12.1. The van der Waals surface area contributed by atoms with E-state index in [4.69, 9.17) is 4.74 Å². The van der Waals surface area contributed by atoms with E-state index in [1.165, 1.54) is 0 Å². The van der Waals surface area contributed by atoms with Gasteiger partial charge in [-0.1, -0.05) is 11.2 Å². The first-order valence-corrected chi connectivity index (χ1v) is 7.70. The molecule has 0 spiro atoms. The fourth-order valence-electron chi connectivity index (χ4n) is 2.98. The maximum absolute atomic E-state index is 12.2. The molecule has 0 unspecified atom stereocenters. The number of phenols is 1. The van der Waals surface area contributed by atoms with Crippen molar-refractivity contribution in [3.8, 4) is 11.5 Å². The largest absolute Gasteiger partial charge is 0.504 e. The zero-order valence-corrected chi connectivity index (χ0v) is 13.5. The zero-order valence-electron chi connectivity index (χ0n) is 13.5. The van der Waals surface area contributed by atoms with Gasteiger partial charge in [-0.05, 0) is 42.0 Å². The molecule has 0 fully saturated rings. The number of aromatic hydroxyl groups is 1. The van der Waals surface area contributed by atoms with E-state index in [9.17, 15) is 9.90 Å². The standard InChI is InChI=1S/C15H15N7O3/c1-3-25-10-6-8(4-5-9(10)23)13-11-7(2)17-18-14(24)12(11)16-15-19-20-21-22(13)15/h4-6,13,23H,3H2,1-2H3,(H,18,24)(H,16,19,21)/t13-/m0/s1. The number of aromatic nitrogens is 6. The molecule has 0 saturated carbocycles. The molecule has 10 heteroatoms. The molecular weight excluding hydrogens is 326 g/mol. The molecule has 1 aliphatic heterocycles. The number of rotatable bonds is 3. The summed E-state index contributed by atoms with van der Waals surface area (Å²) < 4.78 is 7.04. The lowest BCUT2D eigenvalue weighted by Crippen LogP contribution is -2.29. The van der Waals surface area contributed by atoms with Crippen LogP contribution in [-0.4, -0.2) is 42.1 Å². The van der Waals surface area contributed by atoms with Gasteiger partial charge in [-0.2, -0.15) is 9.78 Å². The Kier molecular flexibility index (Phi) is 3.38. The van der Waals surface area contributed by atoms with Crippen LogP contribution in [0.15, 0.2) is 23.0 Å². The Balaban J connectivity index is 1.96. The Morgan fingerprint density at radius 2 is 2.24 bits per heavy atom. The molecule has 10 nitrogen and oxygen atoms in total. The van der Waals surface area contributed by atoms with Crippen LogP contribution in [0.4, 0.5) is 11.6 Å². The highest BCUT2D eigenvalue weighted by Crippen LogP contribution is 2.40. The van der Waals surface area contributed by atoms with Crippen LogP contribution in [0.25, 0.3) is 0 Å². The Bertz CT molecular complexity index is 1010. The zero-order chi connectivity index (χ0) is 17.6. The molecule has 25 heavy (non-hydrogen) atoms. The van der Waals surface area contributed by atoms with Crippen molar-refractivity contribution >= 4 is 11.6 Å². The molecule has 1 aliphatic rings. The molecule has 2 aromatic heterocycles. The third-order valence-corrected chi connectivity index (χ3v) is 4.06. The van der Waals surface area contributed by atoms with E-state index in [1.807, 2.05) is 6.92 Å². The Morgan fingerprint density at radius 3 is 3.04 bits per heavy atom. The van der Waals surface area contributed by atoms with Gasteiger partial charge in [0, 0.05) is 5.56 Å². The highest BCUT2D eigenvalue weighted by Gasteiger charge is 2.33. The monoisotopic (exact) mass is 341 g/mol. The van der Waals surface area contributed by atoms with E-state index >= 15 is 0 Å². The van der Waals surface area contributed by atoms with Crippen LogP contribution >= 0.6 is 0 Å². The maximum atomic E-state index is 12.2. The number of nitrogens with one attached hydrogen (secondary N) is 2. The van der Waals surface area contributed by atoms with Crippen molar-refractivity contribution in [2.45, 2.75) is 19.9 Å². The molecule has 128 valence electrons. The third-order valence-electron chi connectivity index (χ3n) is 4.06. The van der Waals surface area contributed by atoms with Gasteiger partial charge in [0.05, 0.1) is 12.3 Å². The van der Waals surface area contributed by atoms with Gasteiger partial charge in [0.2, 0.25) is 5.95 Å². The number of hydrogen-bond acceptors (Lipinski definition) is 8. The van der Waals surface area contributed by atoms with Crippen LogP contribution in [0.3, 0.4) is 0 Å². The summed E-state index contributed by atoms with van der Waals surface area (Å²) in [6, 6.07) is 4.52. The molecule has 0 amide bonds. The van der Waals surface area contributed by atoms with Crippen molar-refractivity contribution in [1.82, 2.24) is 30.4 Å². The quantitative estimate of drug-likeness (QED) is 0.500. The van der Waals surface area contributed by atoms with Crippen LogP contribution in [0.2, 0.25) is 0 Å². The summed E-state index contributed by atoms with van der Waals surface area (Å²) in [7, 11) is 0. The first-order valence-electron chi connectivity index (χ1n) is 7.70. The summed E-state index contributed by atoms with van der Waals surface area (Å²) in [5.41, 5.74) is 2.05. The van der Waals surface area contributed by atoms with Crippen LogP contribution in [0, 0.1) is 6.92 Å². The van der Waals surface area contributed by atoms with Gasteiger partial charge in [0.25, 0.3) is 5.56 Å². The van der Waals surface area contributed by atoms with E-state index in [0.29, 0.717) is 35.2 Å². The molecule has 3 N–H and O–H groups in total. The number of aromatic amines is 1. The Hall–Kier alpha value is -3.43. The van der Waals surface area contributed by atoms with Crippen molar-refractivity contribution in [1.29, 1.82) is 0 Å². The molecule has 3 heterocycles. The summed E-state index contributed by atoms with van der Waals surface area (Å²) in [6.45, 7) is 4.04. The van der Waals surface area contributed by atoms with Gasteiger partial charge in [0.1, 0.15) is 11.7 Å². The molecule has 4 rings (SSSR count). The number of benzene rings is 1. The first kappa shape index (κ1) is 15.1. The second-order valence-electron chi connectivity index (χ2n) is 5.56. The average Bonchev–Trinajstić information content (AvgIpc) is 3.07. The number of nitrogens with zero attached hydrogens (tertiary/aromatic N) is 5. The molecule has 0 saturated heterocycles. The molecule has 3 aromatic rings. The predicted octanol–water partition coefficient (Wildman–Crippen LogP) is 0.864. The lowest BCUT2D eigenvalue weighted by atomic mass is 9.95. The smallest absolute Gasteiger partial charge is 0.288 e. The van der Waals surface area contributed by atoms with Gasteiger partial charge < -0.3 is 15.2 Å². The van der Waals surface area contributed by atoms with Gasteiger partial charge in [-0.25, -0.2) is 5.10 Å². The number of ether oxygens (including phenoxy) is 1. The molecule has 0 bridgehead atoms. The summed E-state index contributed by atoms with van der Waals surface area (Å²) in [5, 5.41) is 31.1. The highest BCUT2D eigenvalue weighted by molar-refractivity contribution is 5.65. The highest BCUT2D eigenvalue weighted by atomic mass is 16.5. The summed E-state index contributed by atoms with van der Waals surface area (Å²) in [6.07, 6.45) is 0. The SMILES string of the molecule is CCOc1cc([C@H]2c3c(C)n[nH]c(=O)c3Nc3nnnn32)ccc1O. The van der Waals surface area contributed by atoms with Gasteiger partial charge in [-0.3, -0.25) is 4.79 Å². The number of phenolic OH excluding ortho intramolecular Hbond substituents is 1. The van der Waals surface area contributed by atoms with Crippen LogP contribution in [0.1, 0.15) is 29.8 Å². The van der Waals surface area contributed by atoms with E-state index < -0.39 is 6.04 Å². The number of hydrogen-bond donors (Lipinski definition) is 3. The van der Waals surface area contributed by atoms with Gasteiger partial charge >= 0.3 is 0 Å². The van der Waals surface area contributed by atoms with Crippen molar-refractivity contribution < 1.29 is 9.84 Å². The van der Waals surface area contributed by atoms with Gasteiger partial charge in [-0.15, -0.1) is 0 Å². The number of fused-ring (bicyclic) bond motifs is 2. The predicted molar refractivity (Wildman–Crippen MR) is 87.2 cm³/mol. The number of aryl methyl sites for hydroxylation is 1. The number of anilines is 2. The lowest BCUT2D eigenvalue weighted by Gasteiger charge is -2.27. The van der Waals surface area contributed by atoms with Crippen LogP contribution in [0.5, 0.6) is 11.5 Å². The normalized spacial score (nSPS) is 15.2. The van der Waals surface area contributed by atoms with E-state index in [0.717, 1.165) is 5.56 Å². The minimum absolute atomic E-state index is 0.0393. The summed E-state index contributed by atoms with van der Waals surface area (Å²) in [4.78, 5) is 12.2. The topological polar surface area (TPSA) is 131 Å². The van der Waals surface area contributed by atoms with Gasteiger partial charge in [0.15, 0.2) is 11.5 Å². The second-order valence-corrected chi connectivity index (χ2v) is 5.56. The lowest BCUT2D eigenvalue weighted by molar-refractivity contribution is 0.317. The third kappa shape index (κ3) is 2.30. The molecule has 1 aromatic carbocycles. The fraction of sp³-hybridized carbons (Fsp3) is 0.267. The number of tetrazole rings is 1. The van der Waals surface area contributed by atoms with E-state index in [-0.39, 0.29) is 11.3 Å². The molecular formula is C15H15N7O3. The minimum Gasteiger partial charge on any atom is -0.504 e. The molecule has 0 radical (unpaired) electrons. The Labute approximate surface area is 141 Å². The Morgan fingerprint density at radius 1 is 1.40 bits per heavy atom. The minimum atomic E-state index is -0.476. The summed E-state index contributed by atoms with van der Waals surface area (Å²) >= 11 is 0. The van der Waals surface area contributed by atoms with Crippen molar-refractivity contribution in [3.63, 3.8) is 0 Å². The summed E-state index contributed by atoms with van der Waals surface area (Å²) in [5.74, 6) is 0.738.